The number of hydrogen-bond acceptors (Lipinski definition) is 3. The number of fused-ring (bicyclic) bond motifs is 1. The summed E-state index contributed by atoms with van der Waals surface area (Å²) in [5.41, 5.74) is 2.39. The van der Waals surface area contributed by atoms with Gasteiger partial charge in [-0.15, -0.1) is 6.58 Å². The molecule has 3 atom stereocenters. The van der Waals surface area contributed by atoms with Gasteiger partial charge in [-0.05, 0) is 37.0 Å². The highest BCUT2D eigenvalue weighted by molar-refractivity contribution is 6.13. The number of para-hydroxylation sites is 1. The highest BCUT2D eigenvalue weighted by atomic mass is 16.5. The summed E-state index contributed by atoms with van der Waals surface area (Å²) in [6, 6.07) is 18.0. The van der Waals surface area contributed by atoms with Gasteiger partial charge in [0, 0.05) is 17.2 Å². The van der Waals surface area contributed by atoms with Crippen molar-refractivity contribution >= 4 is 11.5 Å². The zero-order chi connectivity index (χ0) is 17.3. The molecule has 1 aliphatic carbocycles. The van der Waals surface area contributed by atoms with Crippen LogP contribution in [0.1, 0.15) is 35.2 Å². The van der Waals surface area contributed by atoms with Gasteiger partial charge in [-0.1, -0.05) is 48.5 Å². The Hall–Kier alpha value is -2.39. The molecule has 0 amide bonds. The van der Waals surface area contributed by atoms with E-state index in [4.69, 9.17) is 4.74 Å². The van der Waals surface area contributed by atoms with Gasteiger partial charge in [-0.25, -0.2) is 0 Å². The van der Waals surface area contributed by atoms with Crippen molar-refractivity contribution in [3.05, 3.63) is 78.4 Å². The number of ether oxygens (including phenoxy) is 1. The van der Waals surface area contributed by atoms with Crippen molar-refractivity contribution in [2.24, 2.45) is 5.92 Å². The van der Waals surface area contributed by atoms with Gasteiger partial charge < -0.3 is 10.1 Å². The molecule has 0 radical (unpaired) electrons. The molecule has 1 aliphatic heterocycles. The van der Waals surface area contributed by atoms with E-state index in [0.29, 0.717) is 6.61 Å². The lowest BCUT2D eigenvalue weighted by atomic mass is 9.69. The Labute approximate surface area is 148 Å². The van der Waals surface area contributed by atoms with Crippen molar-refractivity contribution in [2.45, 2.75) is 37.5 Å². The molecule has 2 aromatic carbocycles. The van der Waals surface area contributed by atoms with E-state index in [1.165, 1.54) is 5.56 Å². The van der Waals surface area contributed by atoms with Crippen LogP contribution in [0, 0.1) is 5.92 Å². The van der Waals surface area contributed by atoms with E-state index in [1.54, 1.807) is 0 Å². The number of nitrogens with one attached hydrogen (secondary N) is 1. The fourth-order valence-corrected chi connectivity index (χ4v) is 4.18. The summed E-state index contributed by atoms with van der Waals surface area (Å²) >= 11 is 0. The molecule has 0 aromatic heterocycles. The molecule has 0 unspecified atom stereocenters. The maximum Gasteiger partial charge on any atom is 0.190 e. The Balaban J connectivity index is 1.48. The highest BCUT2D eigenvalue weighted by Gasteiger charge is 2.52. The summed E-state index contributed by atoms with van der Waals surface area (Å²) in [4.78, 5) is 13.1. The van der Waals surface area contributed by atoms with Crippen molar-refractivity contribution in [1.29, 1.82) is 0 Å². The topological polar surface area (TPSA) is 38.3 Å². The van der Waals surface area contributed by atoms with Gasteiger partial charge in [0.2, 0.25) is 0 Å². The lowest BCUT2D eigenvalue weighted by Gasteiger charge is -2.42. The molecule has 2 aliphatic rings. The van der Waals surface area contributed by atoms with E-state index in [2.05, 4.69) is 24.0 Å². The number of benzene rings is 2. The Morgan fingerprint density at radius 2 is 1.92 bits per heavy atom. The monoisotopic (exact) mass is 333 g/mol. The molecule has 3 heteroatoms. The maximum absolute atomic E-state index is 13.1. The maximum atomic E-state index is 13.1. The predicted molar refractivity (Wildman–Crippen MR) is 99.7 cm³/mol. The molecule has 0 bridgehead atoms. The highest BCUT2D eigenvalue weighted by Crippen LogP contribution is 2.45. The molecular weight excluding hydrogens is 310 g/mol. The molecule has 1 fully saturated rings. The molecule has 4 rings (SSSR count). The number of hydrogen-bond donors (Lipinski definition) is 1. The van der Waals surface area contributed by atoms with Crippen LogP contribution in [0.2, 0.25) is 0 Å². The third-order valence-electron chi connectivity index (χ3n) is 5.56. The molecule has 1 heterocycles. The first-order valence-corrected chi connectivity index (χ1v) is 8.93. The minimum Gasteiger partial charge on any atom is -0.374 e. The van der Waals surface area contributed by atoms with Crippen molar-refractivity contribution < 1.29 is 9.53 Å². The molecule has 1 spiro atoms. The third-order valence-corrected chi connectivity index (χ3v) is 5.56. The largest absolute Gasteiger partial charge is 0.374 e. The number of Topliss-reactive ketones (excluding diaryl/α,β-unsaturated/α-hetero) is 1. The number of rotatable bonds is 4. The predicted octanol–water partition coefficient (Wildman–Crippen LogP) is 4.61. The van der Waals surface area contributed by atoms with Crippen LogP contribution in [-0.2, 0) is 11.3 Å². The van der Waals surface area contributed by atoms with E-state index in [0.717, 1.165) is 30.5 Å². The zero-order valence-corrected chi connectivity index (χ0v) is 14.3. The average Bonchev–Trinajstić information content (AvgIpc) is 2.95. The normalized spacial score (nSPS) is 27.8. The third kappa shape index (κ3) is 2.79. The zero-order valence-electron chi connectivity index (χ0n) is 14.3. The van der Waals surface area contributed by atoms with Gasteiger partial charge >= 0.3 is 0 Å². The second-order valence-electron chi connectivity index (χ2n) is 7.01. The molecule has 3 nitrogen and oxygen atoms in total. The Morgan fingerprint density at radius 3 is 2.68 bits per heavy atom. The molecule has 128 valence electrons. The average molecular weight is 333 g/mol. The van der Waals surface area contributed by atoms with Crippen LogP contribution in [0.3, 0.4) is 0 Å². The molecule has 0 saturated heterocycles. The van der Waals surface area contributed by atoms with Gasteiger partial charge in [0.05, 0.1) is 12.7 Å². The van der Waals surface area contributed by atoms with Crippen LogP contribution in [0.15, 0.2) is 67.3 Å². The van der Waals surface area contributed by atoms with Gasteiger partial charge in [-0.3, -0.25) is 4.79 Å². The number of carbonyl (C=O) groups excluding carboxylic acids is 1. The van der Waals surface area contributed by atoms with Crippen molar-refractivity contribution in [3.8, 4) is 0 Å². The summed E-state index contributed by atoms with van der Waals surface area (Å²) in [6.07, 6.45) is 4.56. The Kier molecular flexibility index (Phi) is 4.18. The Morgan fingerprint density at radius 1 is 1.16 bits per heavy atom. The number of ketones is 1. The number of anilines is 1. The lowest BCUT2D eigenvalue weighted by molar-refractivity contribution is -0.00459. The fourth-order valence-electron chi connectivity index (χ4n) is 4.18. The van der Waals surface area contributed by atoms with E-state index >= 15 is 0 Å². The van der Waals surface area contributed by atoms with Gasteiger partial charge in [0.15, 0.2) is 5.78 Å². The molecule has 1 saturated carbocycles. The lowest BCUT2D eigenvalue weighted by Crippen LogP contribution is -2.52. The van der Waals surface area contributed by atoms with Crippen LogP contribution in [0.5, 0.6) is 0 Å². The summed E-state index contributed by atoms with van der Waals surface area (Å²) in [7, 11) is 0. The second-order valence-corrected chi connectivity index (χ2v) is 7.01. The smallest absolute Gasteiger partial charge is 0.190 e. The SMILES string of the molecule is C=C[C@@H]1C[C@@H](OCc2ccccc2)CC[C@@]12Nc1ccccc1C2=O. The van der Waals surface area contributed by atoms with Gasteiger partial charge in [0.25, 0.3) is 0 Å². The Bertz CT molecular complexity index is 786. The summed E-state index contributed by atoms with van der Waals surface area (Å²) < 4.78 is 6.13. The molecule has 1 N–H and O–H groups in total. The van der Waals surface area contributed by atoms with Crippen LogP contribution in [-0.4, -0.2) is 17.4 Å². The van der Waals surface area contributed by atoms with E-state index in [-0.39, 0.29) is 17.8 Å². The first-order valence-electron chi connectivity index (χ1n) is 8.93. The van der Waals surface area contributed by atoms with Gasteiger partial charge in [-0.2, -0.15) is 0 Å². The van der Waals surface area contributed by atoms with Crippen molar-refractivity contribution in [1.82, 2.24) is 0 Å². The van der Waals surface area contributed by atoms with Crippen LogP contribution in [0.25, 0.3) is 0 Å². The standard InChI is InChI=1S/C22H23NO2/c1-2-17-14-18(25-15-16-8-4-3-5-9-16)12-13-22(17)21(24)19-10-6-7-11-20(19)23-22/h2-11,17-18,23H,1,12-15H2/t17-,18+,22-/m1/s1. The minimum absolute atomic E-state index is 0.0712. The van der Waals surface area contributed by atoms with Crippen LogP contribution in [0.4, 0.5) is 5.69 Å². The van der Waals surface area contributed by atoms with Crippen molar-refractivity contribution in [2.75, 3.05) is 5.32 Å². The van der Waals surface area contributed by atoms with Crippen LogP contribution >= 0.6 is 0 Å². The second kappa shape index (κ2) is 6.49. The first kappa shape index (κ1) is 16.1. The minimum atomic E-state index is -0.544. The number of carbonyl (C=O) groups is 1. The summed E-state index contributed by atoms with van der Waals surface area (Å²) in [6.45, 7) is 4.62. The first-order chi connectivity index (χ1) is 12.2. The fraction of sp³-hybridized carbons (Fsp3) is 0.318. The molecular formula is C22H23NO2. The van der Waals surface area contributed by atoms with E-state index in [1.807, 2.05) is 48.5 Å². The summed E-state index contributed by atoms with van der Waals surface area (Å²) in [5.74, 6) is 0.274. The molecule has 2 aromatic rings. The van der Waals surface area contributed by atoms with Gasteiger partial charge in [0.1, 0.15) is 5.54 Å². The van der Waals surface area contributed by atoms with Crippen molar-refractivity contribution in [3.63, 3.8) is 0 Å². The van der Waals surface area contributed by atoms with Crippen LogP contribution < -0.4 is 5.32 Å². The summed E-state index contributed by atoms with van der Waals surface area (Å²) in [5, 5.41) is 3.52. The van der Waals surface area contributed by atoms with E-state index < -0.39 is 5.54 Å². The molecule has 25 heavy (non-hydrogen) atoms. The van der Waals surface area contributed by atoms with E-state index in [9.17, 15) is 4.79 Å². The quantitative estimate of drug-likeness (QED) is 0.831.